The van der Waals surface area contributed by atoms with E-state index in [2.05, 4.69) is 45.8 Å². The summed E-state index contributed by atoms with van der Waals surface area (Å²) in [6.45, 7) is 14.3. The number of esters is 1. The second-order valence-electron chi connectivity index (χ2n) is 20.8. The first-order chi connectivity index (χ1) is 33.5. The van der Waals surface area contributed by atoms with Crippen LogP contribution < -0.4 is 10.7 Å². The van der Waals surface area contributed by atoms with Crippen LogP contribution in [0.5, 0.6) is 5.75 Å². The molecule has 2 aromatic heterocycles. The minimum atomic E-state index is -2.31. The molecule has 5 heterocycles. The molecule has 18 nitrogen and oxygen atoms in total. The van der Waals surface area contributed by atoms with Crippen LogP contribution in [-0.4, -0.2) is 152 Å². The lowest BCUT2D eigenvalue weighted by atomic mass is 9.84. The van der Waals surface area contributed by atoms with Crippen molar-refractivity contribution in [3.8, 4) is 28.1 Å². The van der Waals surface area contributed by atoms with Gasteiger partial charge in [-0.25, -0.2) is 4.79 Å². The predicted molar refractivity (Wildman–Crippen MR) is 267 cm³/mol. The van der Waals surface area contributed by atoms with Crippen LogP contribution in [0, 0.1) is 11.3 Å². The van der Waals surface area contributed by atoms with E-state index in [4.69, 9.17) is 14.5 Å². The Balaban J connectivity index is 1.34. The number of likely N-dealkylation sites (tertiary alicyclic amines) is 1. The van der Waals surface area contributed by atoms with Gasteiger partial charge in [-0.1, -0.05) is 46.4 Å². The third-order valence-corrected chi connectivity index (χ3v) is 13.8. The maximum absolute atomic E-state index is 14.8. The summed E-state index contributed by atoms with van der Waals surface area (Å²) in [6.07, 6.45) is 1.46. The van der Waals surface area contributed by atoms with E-state index in [1.54, 1.807) is 27.0 Å². The Morgan fingerprint density at radius 2 is 1.79 bits per heavy atom. The fourth-order valence-corrected chi connectivity index (χ4v) is 10.4. The Bertz CT molecular complexity index is 2720. The molecule has 3 aliphatic rings. The van der Waals surface area contributed by atoms with Gasteiger partial charge in [-0.15, -0.1) is 0 Å². The number of aryl methyl sites for hydroxylation is 1. The summed E-state index contributed by atoms with van der Waals surface area (Å²) in [4.78, 5) is 79.4. The number of aromatic nitrogens is 2. The number of methoxy groups -OCH3 is 1. The summed E-state index contributed by atoms with van der Waals surface area (Å²) < 4.78 is 13.9. The zero-order valence-corrected chi connectivity index (χ0v) is 42.5. The number of carbonyl (C=O) groups excluding carboxylic acids is 5. The molecule has 382 valence electrons. The lowest BCUT2D eigenvalue weighted by Crippen LogP contribution is -2.67. The van der Waals surface area contributed by atoms with E-state index in [1.807, 2.05) is 52.2 Å². The monoisotopic (exact) mass is 979 g/mol. The number of hydrazine groups is 1. The number of likely N-dealkylation sites (N-methyl/N-ethyl adjacent to an activating group) is 1. The number of hydrogen-bond donors (Lipinski definition) is 5. The van der Waals surface area contributed by atoms with E-state index in [1.165, 1.54) is 18.0 Å². The number of benzene rings is 2. The number of pyridine rings is 1. The van der Waals surface area contributed by atoms with Gasteiger partial charge in [0.25, 0.3) is 11.8 Å². The molecule has 1 unspecified atom stereocenters. The van der Waals surface area contributed by atoms with Crippen LogP contribution in [0.4, 0.5) is 0 Å². The van der Waals surface area contributed by atoms with Gasteiger partial charge >= 0.3 is 5.97 Å². The van der Waals surface area contributed by atoms with Crippen molar-refractivity contribution in [2.24, 2.45) is 11.3 Å². The highest BCUT2D eigenvalue weighted by Gasteiger charge is 2.49. The van der Waals surface area contributed by atoms with E-state index >= 15 is 0 Å². The van der Waals surface area contributed by atoms with E-state index in [9.17, 15) is 39.3 Å². The molecule has 4 aromatic rings. The number of β-amino-alcohol motifs (C(OH)–C–C–N with tert-alkyl or cyclic N) is 1. The van der Waals surface area contributed by atoms with Gasteiger partial charge in [0.15, 0.2) is 5.60 Å². The van der Waals surface area contributed by atoms with Gasteiger partial charge in [0.05, 0.1) is 36.8 Å². The number of nitrogens with one attached hydrogen (secondary N) is 2. The van der Waals surface area contributed by atoms with Crippen LogP contribution in [0.3, 0.4) is 0 Å². The van der Waals surface area contributed by atoms with Crippen LogP contribution in [-0.2, 0) is 66.0 Å². The first-order valence-corrected chi connectivity index (χ1v) is 24.3. The number of ether oxygens (including phenoxy) is 2. The minimum Gasteiger partial charge on any atom is -0.508 e. The number of hydrogen-bond acceptors (Lipinski definition) is 13. The topological polar surface area (TPSA) is 219 Å². The van der Waals surface area contributed by atoms with Crippen LogP contribution in [0.1, 0.15) is 76.4 Å². The number of phenols is 1. The molecule has 0 aliphatic carbocycles. The Labute approximate surface area is 415 Å². The Hall–Kier alpha value is -6.18. The summed E-state index contributed by atoms with van der Waals surface area (Å²) in [5, 5.41) is 39.7. The maximum atomic E-state index is 14.8. The highest BCUT2D eigenvalue weighted by molar-refractivity contribution is 5.97. The molecule has 2 aromatic carbocycles. The van der Waals surface area contributed by atoms with Crippen molar-refractivity contribution < 1.29 is 48.8 Å². The van der Waals surface area contributed by atoms with Crippen LogP contribution in [0.15, 0.2) is 61.2 Å². The van der Waals surface area contributed by atoms with Crippen molar-refractivity contribution in [3.05, 3.63) is 83.7 Å². The van der Waals surface area contributed by atoms with Gasteiger partial charge in [0.1, 0.15) is 17.8 Å². The smallest absolute Gasteiger partial charge is 0.355 e. The van der Waals surface area contributed by atoms with Gasteiger partial charge < -0.3 is 49.4 Å². The molecule has 0 radical (unpaired) electrons. The van der Waals surface area contributed by atoms with Crippen LogP contribution >= 0.6 is 0 Å². The summed E-state index contributed by atoms with van der Waals surface area (Å²) in [5.41, 5.74) is 5.07. The molecule has 0 saturated carbocycles. The Morgan fingerprint density at radius 3 is 2.46 bits per heavy atom. The SMILES string of the molecule is C=CC(=O)N1CCC(O)(C(=O)N(C)[C@H](C(=O)N[C@H]2Cc3cc(O)cc(c3)-c3ccc4c(c3)c(c(-c3ccc(CN(C)C)nc3COC)n4CC)CC(C)(C)COC(=O)[C@@]3(O)CCCN(N3)C2=O)C(C)C)C1. The average molecular weight is 979 g/mol. The molecule has 2 fully saturated rings. The van der Waals surface area contributed by atoms with Gasteiger partial charge in [-0.05, 0) is 105 Å². The highest BCUT2D eigenvalue weighted by atomic mass is 16.6. The van der Waals surface area contributed by atoms with Gasteiger partial charge in [0, 0.05) is 81.5 Å². The fraction of sp³-hybridized carbons (Fsp3) is 0.509. The number of carbonyl (C=O) groups is 5. The quantitative estimate of drug-likeness (QED) is 0.101. The normalized spacial score (nSPS) is 22.1. The zero-order chi connectivity index (χ0) is 51.7. The molecule has 7 rings (SSSR count). The van der Waals surface area contributed by atoms with Gasteiger partial charge in [-0.2, -0.15) is 5.43 Å². The number of rotatable bonds is 12. The molecular weight excluding hydrogens is 909 g/mol. The third kappa shape index (κ3) is 11.0. The third-order valence-electron chi connectivity index (χ3n) is 13.8. The van der Waals surface area contributed by atoms with Gasteiger partial charge in [-0.3, -0.25) is 29.2 Å². The zero-order valence-electron chi connectivity index (χ0n) is 42.5. The molecule has 18 heteroatoms. The molecule has 5 N–H and O–H groups in total. The molecule has 3 aliphatic heterocycles. The average Bonchev–Trinajstić information content (AvgIpc) is 3.86. The molecule has 2 saturated heterocycles. The van der Waals surface area contributed by atoms with Gasteiger partial charge in [0.2, 0.25) is 17.5 Å². The van der Waals surface area contributed by atoms with Crippen LogP contribution in [0.2, 0.25) is 0 Å². The summed E-state index contributed by atoms with van der Waals surface area (Å²) in [5.74, 6) is -4.19. The molecule has 4 amide bonds. The molecule has 4 atom stereocenters. The molecule has 0 spiro atoms. The van der Waals surface area contributed by atoms with Crippen molar-refractivity contribution in [1.82, 2.24) is 40.0 Å². The highest BCUT2D eigenvalue weighted by Crippen LogP contribution is 2.42. The van der Waals surface area contributed by atoms with Crippen molar-refractivity contribution in [2.75, 3.05) is 54.5 Å². The maximum Gasteiger partial charge on any atom is 0.355 e. The minimum absolute atomic E-state index is 0.0513. The Kier molecular flexibility index (Phi) is 15.5. The van der Waals surface area contributed by atoms with Crippen molar-refractivity contribution >= 4 is 40.5 Å². The second-order valence-corrected chi connectivity index (χ2v) is 20.8. The summed E-state index contributed by atoms with van der Waals surface area (Å²) in [7, 11) is 7.02. The van der Waals surface area contributed by atoms with E-state index in [-0.39, 0.29) is 64.3 Å². The number of fused-ring (bicyclic) bond motifs is 6. The standard InChI is InChI=1S/C53H70N8O10/c1-11-44(63)59-21-19-52(68,30-59)49(66)58(9)45(32(3)4)47(64)55-41-24-33-22-35(25-37(62)23-33)34-14-17-43-39(26-34)40(27-51(5,6)31-71-50(67)53(69)18-13-20-61(56-53)48(41)65)46(60(43)12-2)38-16-15-36(28-57(7)8)54-42(38)29-70-10/h11,14-17,22-23,25-26,32,41,45,56,62,68-69H,1,12-13,18-21,24,27-31H2,2-10H3,(H,55,64)/t41-,45-,52?,53-/m0/s1. The number of aliphatic hydroxyl groups is 2. The first-order valence-electron chi connectivity index (χ1n) is 24.3. The number of cyclic esters (lactones) is 1. The molecular formula is C53H70N8O10. The van der Waals surface area contributed by atoms with Crippen molar-refractivity contribution in [2.45, 2.75) is 110 Å². The lowest BCUT2D eigenvalue weighted by molar-refractivity contribution is -0.189. The number of nitrogens with zero attached hydrogens (tertiary/aromatic N) is 6. The second kappa shape index (κ2) is 20.9. The van der Waals surface area contributed by atoms with Crippen LogP contribution in [0.25, 0.3) is 33.3 Å². The lowest BCUT2D eigenvalue weighted by Gasteiger charge is -2.40. The molecule has 71 heavy (non-hydrogen) atoms. The van der Waals surface area contributed by atoms with E-state index < -0.39 is 64.3 Å². The molecule has 6 bridgehead atoms. The first kappa shape index (κ1) is 52.6. The van der Waals surface area contributed by atoms with Crippen molar-refractivity contribution in [1.29, 1.82) is 0 Å². The summed E-state index contributed by atoms with van der Waals surface area (Å²) >= 11 is 0. The predicted octanol–water partition coefficient (Wildman–Crippen LogP) is 3.90. The van der Waals surface area contributed by atoms with E-state index in [0.29, 0.717) is 30.6 Å². The summed E-state index contributed by atoms with van der Waals surface area (Å²) in [6, 6.07) is 12.7. The van der Waals surface area contributed by atoms with Crippen molar-refractivity contribution in [3.63, 3.8) is 0 Å². The Morgan fingerprint density at radius 1 is 1.04 bits per heavy atom. The number of aromatic hydroxyl groups is 1. The number of phenolic OH excluding ortho intramolecular Hbond substituents is 1. The largest absolute Gasteiger partial charge is 0.508 e. The fourth-order valence-electron chi connectivity index (χ4n) is 10.4. The van der Waals surface area contributed by atoms with E-state index in [0.717, 1.165) is 60.7 Å². The number of amides is 4.